The number of rotatable bonds is 8. The Hall–Kier alpha value is -3.07. The van der Waals surface area contributed by atoms with Gasteiger partial charge in [-0.25, -0.2) is 0 Å². The summed E-state index contributed by atoms with van der Waals surface area (Å²) in [5, 5.41) is 26.4. The van der Waals surface area contributed by atoms with Crippen molar-refractivity contribution in [3.8, 4) is 0 Å². The fourth-order valence-electron chi connectivity index (χ4n) is 2.54. The minimum Gasteiger partial charge on any atom is -0.494 e. The summed E-state index contributed by atoms with van der Waals surface area (Å²) in [6, 6.07) is 8.90. The first-order chi connectivity index (χ1) is 13.0. The van der Waals surface area contributed by atoms with Gasteiger partial charge in [0.25, 0.3) is 11.8 Å². The summed E-state index contributed by atoms with van der Waals surface area (Å²) in [6.45, 7) is 0.496. The number of hydrogen-bond acceptors (Lipinski definition) is 6. The van der Waals surface area contributed by atoms with Gasteiger partial charge in [-0.15, -0.1) is 0 Å². The van der Waals surface area contributed by atoms with E-state index in [2.05, 4.69) is 16.0 Å². The van der Waals surface area contributed by atoms with E-state index in [0.29, 0.717) is 26.1 Å². The minimum atomic E-state index is -1.26. The van der Waals surface area contributed by atoms with Crippen LogP contribution in [0.3, 0.4) is 0 Å². The van der Waals surface area contributed by atoms with Crippen LogP contribution in [0.2, 0.25) is 0 Å². The van der Waals surface area contributed by atoms with Gasteiger partial charge in [0.1, 0.15) is 6.54 Å². The van der Waals surface area contributed by atoms with E-state index >= 15 is 0 Å². The highest BCUT2D eigenvalue weighted by Gasteiger charge is 2.26. The van der Waals surface area contributed by atoms with Crippen molar-refractivity contribution in [3.05, 3.63) is 47.4 Å². The van der Waals surface area contributed by atoms with Crippen LogP contribution in [0.1, 0.15) is 18.4 Å². The summed E-state index contributed by atoms with van der Waals surface area (Å²) < 4.78 is 5.23. The molecular weight excluding hydrogens is 354 g/mol. The SMILES string of the molecule is O=C(O)CNC(=O)/C(C(=O)NCc1ccccc1)=C(\O)NC1CCOCC1. The van der Waals surface area contributed by atoms with E-state index in [1.165, 1.54) is 0 Å². The molecule has 9 nitrogen and oxygen atoms in total. The predicted octanol–water partition coefficient (Wildman–Crippen LogP) is 0.0418. The number of carbonyl (C=O) groups is 3. The van der Waals surface area contributed by atoms with Crippen molar-refractivity contribution >= 4 is 17.8 Å². The van der Waals surface area contributed by atoms with E-state index in [1.54, 1.807) is 12.1 Å². The summed E-state index contributed by atoms with van der Waals surface area (Å²) >= 11 is 0. The Morgan fingerprint density at radius 2 is 1.63 bits per heavy atom. The summed E-state index contributed by atoms with van der Waals surface area (Å²) in [4.78, 5) is 35.4. The van der Waals surface area contributed by atoms with Crippen molar-refractivity contribution in [1.29, 1.82) is 0 Å². The molecule has 2 amide bonds. The Morgan fingerprint density at radius 3 is 2.26 bits per heavy atom. The Kier molecular flexibility index (Phi) is 7.63. The zero-order valence-corrected chi connectivity index (χ0v) is 14.7. The molecule has 1 aromatic carbocycles. The zero-order chi connectivity index (χ0) is 19.6. The molecule has 5 N–H and O–H groups in total. The van der Waals surface area contributed by atoms with E-state index < -0.39 is 35.8 Å². The van der Waals surface area contributed by atoms with Gasteiger partial charge in [-0.2, -0.15) is 0 Å². The van der Waals surface area contributed by atoms with Gasteiger partial charge in [0, 0.05) is 25.8 Å². The van der Waals surface area contributed by atoms with Crippen LogP contribution in [0, 0.1) is 0 Å². The fourth-order valence-corrected chi connectivity index (χ4v) is 2.54. The second kappa shape index (κ2) is 10.2. The molecule has 0 saturated carbocycles. The number of aliphatic carboxylic acids is 1. The Balaban J connectivity index is 2.11. The molecule has 0 atom stereocenters. The molecule has 1 saturated heterocycles. The van der Waals surface area contributed by atoms with Crippen LogP contribution in [0.15, 0.2) is 41.8 Å². The van der Waals surface area contributed by atoms with E-state index in [-0.39, 0.29) is 12.6 Å². The molecule has 0 spiro atoms. The number of carbonyl (C=O) groups excluding carboxylic acids is 2. The van der Waals surface area contributed by atoms with Crippen LogP contribution >= 0.6 is 0 Å². The fraction of sp³-hybridized carbons (Fsp3) is 0.389. The number of hydrogen-bond donors (Lipinski definition) is 5. The van der Waals surface area contributed by atoms with Gasteiger partial charge < -0.3 is 30.9 Å². The van der Waals surface area contributed by atoms with Crippen LogP contribution < -0.4 is 16.0 Å². The van der Waals surface area contributed by atoms with Gasteiger partial charge >= 0.3 is 5.97 Å². The van der Waals surface area contributed by atoms with Crippen molar-refractivity contribution in [2.75, 3.05) is 19.8 Å². The molecule has 1 aliphatic rings. The van der Waals surface area contributed by atoms with E-state index in [1.807, 2.05) is 18.2 Å². The smallest absolute Gasteiger partial charge is 0.322 e. The molecule has 1 heterocycles. The average Bonchev–Trinajstić information content (AvgIpc) is 2.66. The highest BCUT2D eigenvalue weighted by Crippen LogP contribution is 2.10. The average molecular weight is 377 g/mol. The number of carboxylic acid groups (broad SMARTS) is 1. The molecule has 1 aliphatic heterocycles. The highest BCUT2D eigenvalue weighted by molar-refractivity contribution is 6.19. The van der Waals surface area contributed by atoms with Gasteiger partial charge in [-0.3, -0.25) is 14.4 Å². The normalized spacial score (nSPS) is 15.4. The number of aliphatic hydroxyl groups is 1. The van der Waals surface area contributed by atoms with Gasteiger partial charge in [0.2, 0.25) is 5.88 Å². The maximum Gasteiger partial charge on any atom is 0.322 e. The lowest BCUT2D eigenvalue weighted by Crippen LogP contribution is -2.41. The second-order valence-electron chi connectivity index (χ2n) is 6.00. The number of amides is 2. The maximum atomic E-state index is 12.5. The van der Waals surface area contributed by atoms with Gasteiger partial charge in [0.15, 0.2) is 5.57 Å². The third-order valence-corrected chi connectivity index (χ3v) is 3.95. The molecular formula is C18H23N3O6. The van der Waals surface area contributed by atoms with Crippen LogP contribution in [-0.4, -0.2) is 53.8 Å². The second-order valence-corrected chi connectivity index (χ2v) is 6.00. The Morgan fingerprint density at radius 1 is 1.00 bits per heavy atom. The number of aliphatic hydroxyl groups excluding tert-OH is 1. The summed E-state index contributed by atoms with van der Waals surface area (Å²) in [5.74, 6) is -3.63. The Bertz CT molecular complexity index is 698. The standard InChI is InChI=1S/C18H23N3O6/c22-14(23)11-20-17(25)15(18(26)21-13-6-8-27-9-7-13)16(24)19-10-12-4-2-1-3-5-12/h1-5,13,21,26H,6-11H2,(H,19,24)(H,20,25)(H,22,23)/b18-15-. The molecule has 27 heavy (non-hydrogen) atoms. The van der Waals surface area contributed by atoms with Crippen molar-refractivity contribution in [1.82, 2.24) is 16.0 Å². The summed E-state index contributed by atoms with van der Waals surface area (Å²) in [6.07, 6.45) is 1.22. The minimum absolute atomic E-state index is 0.150. The number of nitrogens with one attached hydrogen (secondary N) is 3. The molecule has 0 bridgehead atoms. The molecule has 146 valence electrons. The highest BCUT2D eigenvalue weighted by atomic mass is 16.5. The lowest BCUT2D eigenvalue weighted by molar-refractivity contribution is -0.138. The molecule has 2 rings (SSSR count). The lowest BCUT2D eigenvalue weighted by atomic mass is 10.1. The van der Waals surface area contributed by atoms with E-state index in [9.17, 15) is 19.5 Å². The van der Waals surface area contributed by atoms with Gasteiger partial charge in [0.05, 0.1) is 0 Å². The summed E-state index contributed by atoms with van der Waals surface area (Å²) in [7, 11) is 0. The largest absolute Gasteiger partial charge is 0.494 e. The molecule has 0 unspecified atom stereocenters. The molecule has 0 radical (unpaired) electrons. The van der Waals surface area contributed by atoms with E-state index in [4.69, 9.17) is 9.84 Å². The van der Waals surface area contributed by atoms with Gasteiger partial charge in [-0.1, -0.05) is 30.3 Å². The van der Waals surface area contributed by atoms with Crippen LogP contribution in [-0.2, 0) is 25.7 Å². The molecule has 0 aliphatic carbocycles. The van der Waals surface area contributed by atoms with Crippen LogP contribution in [0.25, 0.3) is 0 Å². The molecule has 9 heteroatoms. The summed E-state index contributed by atoms with van der Waals surface area (Å²) in [5.41, 5.74) is 0.256. The molecule has 1 fully saturated rings. The third kappa shape index (κ3) is 6.63. The monoisotopic (exact) mass is 377 g/mol. The van der Waals surface area contributed by atoms with Crippen molar-refractivity contribution in [3.63, 3.8) is 0 Å². The van der Waals surface area contributed by atoms with Crippen molar-refractivity contribution in [2.45, 2.75) is 25.4 Å². The number of carboxylic acids is 1. The first-order valence-corrected chi connectivity index (χ1v) is 8.57. The Labute approximate surface area is 156 Å². The quantitative estimate of drug-likeness (QED) is 0.187. The van der Waals surface area contributed by atoms with Crippen molar-refractivity contribution in [2.24, 2.45) is 0 Å². The number of benzene rings is 1. The van der Waals surface area contributed by atoms with E-state index in [0.717, 1.165) is 5.56 Å². The van der Waals surface area contributed by atoms with Crippen molar-refractivity contribution < 1.29 is 29.3 Å². The van der Waals surface area contributed by atoms with Gasteiger partial charge in [-0.05, 0) is 18.4 Å². The lowest BCUT2D eigenvalue weighted by Gasteiger charge is -2.24. The first-order valence-electron chi connectivity index (χ1n) is 8.57. The first kappa shape index (κ1) is 20.2. The number of ether oxygens (including phenoxy) is 1. The topological polar surface area (TPSA) is 137 Å². The predicted molar refractivity (Wildman–Crippen MR) is 95.6 cm³/mol. The maximum absolute atomic E-state index is 12.5. The molecule has 1 aromatic rings. The molecule has 0 aromatic heterocycles. The van der Waals surface area contributed by atoms with Crippen LogP contribution in [0.4, 0.5) is 0 Å². The third-order valence-electron chi connectivity index (χ3n) is 3.95. The van der Waals surface area contributed by atoms with Crippen LogP contribution in [0.5, 0.6) is 0 Å². The zero-order valence-electron chi connectivity index (χ0n) is 14.7.